The van der Waals surface area contributed by atoms with Crippen LogP contribution in [0.5, 0.6) is 0 Å². The van der Waals surface area contributed by atoms with E-state index in [4.69, 9.17) is 9.73 Å². The molecule has 2 N–H and O–H groups in total. The van der Waals surface area contributed by atoms with E-state index < -0.39 is 0 Å². The smallest absolute Gasteiger partial charge is 0.191 e. The van der Waals surface area contributed by atoms with Gasteiger partial charge in [0, 0.05) is 39.0 Å². The third kappa shape index (κ3) is 7.06. The second-order valence-corrected chi connectivity index (χ2v) is 6.74. The third-order valence-electron chi connectivity index (χ3n) is 4.48. The zero-order valence-electron chi connectivity index (χ0n) is 17.1. The minimum absolute atomic E-state index is 0.275. The molecular formula is C19H37N5O. The first-order chi connectivity index (χ1) is 11.9. The minimum Gasteiger partial charge on any atom is -0.378 e. The van der Waals surface area contributed by atoms with Crippen molar-refractivity contribution in [2.75, 3.05) is 26.2 Å². The average Bonchev–Trinajstić information content (AvgIpc) is 2.79. The molecule has 1 rings (SSSR count). The summed E-state index contributed by atoms with van der Waals surface area (Å²) in [6, 6.07) is 0. The van der Waals surface area contributed by atoms with Crippen LogP contribution in [0.1, 0.15) is 51.1 Å². The topological polar surface area (TPSA) is 63.5 Å². The zero-order valence-corrected chi connectivity index (χ0v) is 17.1. The van der Waals surface area contributed by atoms with Gasteiger partial charge in [0.15, 0.2) is 5.96 Å². The van der Waals surface area contributed by atoms with E-state index in [1.165, 1.54) is 11.3 Å². The molecule has 1 aromatic rings. The Hall–Kier alpha value is -1.56. The van der Waals surface area contributed by atoms with Crippen LogP contribution in [0.4, 0.5) is 0 Å². The molecule has 0 saturated carbocycles. The molecule has 0 aliphatic rings. The molecule has 25 heavy (non-hydrogen) atoms. The molecule has 1 heterocycles. The first-order valence-corrected chi connectivity index (χ1v) is 9.53. The van der Waals surface area contributed by atoms with Crippen molar-refractivity contribution in [1.29, 1.82) is 0 Å². The molecule has 0 aliphatic carbocycles. The van der Waals surface area contributed by atoms with Crippen LogP contribution in [0.15, 0.2) is 4.99 Å². The number of aliphatic imine (C=N–C) groups is 1. The van der Waals surface area contributed by atoms with Crippen LogP contribution < -0.4 is 10.6 Å². The highest BCUT2D eigenvalue weighted by Crippen LogP contribution is 2.12. The van der Waals surface area contributed by atoms with Crippen LogP contribution in [0, 0.1) is 19.8 Å². The number of aromatic nitrogens is 2. The Morgan fingerprint density at radius 3 is 2.48 bits per heavy atom. The van der Waals surface area contributed by atoms with E-state index in [9.17, 15) is 0 Å². The maximum Gasteiger partial charge on any atom is 0.191 e. The van der Waals surface area contributed by atoms with E-state index in [2.05, 4.69) is 50.4 Å². The van der Waals surface area contributed by atoms with Gasteiger partial charge in [0.05, 0.1) is 11.8 Å². The van der Waals surface area contributed by atoms with Gasteiger partial charge < -0.3 is 15.4 Å². The molecule has 6 nitrogen and oxygen atoms in total. The summed E-state index contributed by atoms with van der Waals surface area (Å²) in [5.74, 6) is 1.39. The summed E-state index contributed by atoms with van der Waals surface area (Å²) in [5, 5.41) is 11.2. The van der Waals surface area contributed by atoms with Crippen molar-refractivity contribution in [3.8, 4) is 0 Å². The summed E-state index contributed by atoms with van der Waals surface area (Å²) < 4.78 is 7.74. The SMILES string of the molecule is CCNC(=NCCC(OCC)C(C)C)NCCc1c(C)nn(C)c1C. The van der Waals surface area contributed by atoms with Crippen LogP contribution in [-0.4, -0.2) is 48.1 Å². The van der Waals surface area contributed by atoms with E-state index in [-0.39, 0.29) is 6.10 Å². The van der Waals surface area contributed by atoms with Gasteiger partial charge in [-0.25, -0.2) is 0 Å². The Morgan fingerprint density at radius 1 is 1.24 bits per heavy atom. The average molecular weight is 352 g/mol. The van der Waals surface area contributed by atoms with Gasteiger partial charge >= 0.3 is 0 Å². The number of guanidine groups is 1. The fourth-order valence-electron chi connectivity index (χ4n) is 2.95. The number of rotatable bonds is 10. The van der Waals surface area contributed by atoms with Crippen LogP contribution in [0.3, 0.4) is 0 Å². The van der Waals surface area contributed by atoms with Crippen LogP contribution >= 0.6 is 0 Å². The summed E-state index contributed by atoms with van der Waals surface area (Å²) in [6.07, 6.45) is 2.17. The highest BCUT2D eigenvalue weighted by atomic mass is 16.5. The van der Waals surface area contributed by atoms with Crippen molar-refractivity contribution in [1.82, 2.24) is 20.4 Å². The maximum atomic E-state index is 5.79. The highest BCUT2D eigenvalue weighted by molar-refractivity contribution is 5.79. The summed E-state index contributed by atoms with van der Waals surface area (Å²) in [5.41, 5.74) is 3.67. The molecule has 0 spiro atoms. The number of nitrogens with one attached hydrogen (secondary N) is 2. The lowest BCUT2D eigenvalue weighted by molar-refractivity contribution is 0.0266. The number of hydrogen-bond acceptors (Lipinski definition) is 3. The first-order valence-electron chi connectivity index (χ1n) is 9.53. The molecule has 1 unspecified atom stereocenters. The number of nitrogens with zero attached hydrogens (tertiary/aromatic N) is 3. The molecule has 0 saturated heterocycles. The lowest BCUT2D eigenvalue weighted by atomic mass is 10.0. The fourth-order valence-corrected chi connectivity index (χ4v) is 2.95. The van der Waals surface area contributed by atoms with Crippen molar-refractivity contribution < 1.29 is 4.74 Å². The number of hydrogen-bond donors (Lipinski definition) is 2. The van der Waals surface area contributed by atoms with E-state index >= 15 is 0 Å². The molecule has 0 fully saturated rings. The summed E-state index contributed by atoms with van der Waals surface area (Å²) in [6.45, 7) is 16.0. The Bertz CT molecular complexity index is 536. The molecule has 1 atom stereocenters. The van der Waals surface area contributed by atoms with E-state index in [0.717, 1.165) is 50.7 Å². The summed E-state index contributed by atoms with van der Waals surface area (Å²) >= 11 is 0. The van der Waals surface area contributed by atoms with Gasteiger partial charge in [-0.15, -0.1) is 0 Å². The van der Waals surface area contributed by atoms with Crippen molar-refractivity contribution in [3.63, 3.8) is 0 Å². The van der Waals surface area contributed by atoms with E-state index in [1.54, 1.807) is 0 Å². The minimum atomic E-state index is 0.275. The van der Waals surface area contributed by atoms with Gasteiger partial charge in [0.1, 0.15) is 0 Å². The molecule has 0 aromatic carbocycles. The second kappa shape index (κ2) is 11.1. The van der Waals surface area contributed by atoms with Gasteiger partial charge in [-0.3, -0.25) is 9.67 Å². The lowest BCUT2D eigenvalue weighted by Crippen LogP contribution is -2.38. The largest absolute Gasteiger partial charge is 0.378 e. The van der Waals surface area contributed by atoms with E-state index in [0.29, 0.717) is 5.92 Å². The fraction of sp³-hybridized carbons (Fsp3) is 0.789. The highest BCUT2D eigenvalue weighted by Gasteiger charge is 2.13. The van der Waals surface area contributed by atoms with Crippen molar-refractivity contribution >= 4 is 5.96 Å². The van der Waals surface area contributed by atoms with Gasteiger partial charge in [0.2, 0.25) is 0 Å². The molecule has 0 aliphatic heterocycles. The lowest BCUT2D eigenvalue weighted by Gasteiger charge is -2.20. The van der Waals surface area contributed by atoms with Gasteiger partial charge in [0.25, 0.3) is 0 Å². The molecule has 1 aromatic heterocycles. The van der Waals surface area contributed by atoms with Gasteiger partial charge in [-0.2, -0.15) is 5.10 Å². The monoisotopic (exact) mass is 351 g/mol. The molecule has 0 bridgehead atoms. The number of aryl methyl sites for hydroxylation is 2. The number of ether oxygens (including phenoxy) is 1. The quantitative estimate of drug-likeness (QED) is 0.502. The van der Waals surface area contributed by atoms with Crippen LogP contribution in [-0.2, 0) is 18.2 Å². The molecule has 0 radical (unpaired) electrons. The molecule has 6 heteroatoms. The third-order valence-corrected chi connectivity index (χ3v) is 4.48. The molecular weight excluding hydrogens is 314 g/mol. The summed E-state index contributed by atoms with van der Waals surface area (Å²) in [7, 11) is 1.99. The van der Waals surface area contributed by atoms with Crippen molar-refractivity contribution in [2.45, 2.75) is 60.5 Å². The zero-order chi connectivity index (χ0) is 18.8. The Morgan fingerprint density at radius 2 is 1.96 bits per heavy atom. The standard InChI is InChI=1S/C19H37N5O/c1-8-20-19(22-13-11-18(14(3)4)25-9-2)21-12-10-17-15(5)23-24(7)16(17)6/h14,18H,8-13H2,1-7H3,(H2,20,21,22). The first kappa shape index (κ1) is 21.5. The van der Waals surface area contributed by atoms with Crippen LogP contribution in [0.25, 0.3) is 0 Å². The van der Waals surface area contributed by atoms with Crippen molar-refractivity contribution in [2.24, 2.45) is 18.0 Å². The van der Waals surface area contributed by atoms with Crippen LogP contribution in [0.2, 0.25) is 0 Å². The Labute approximate surface area is 153 Å². The van der Waals surface area contributed by atoms with E-state index in [1.807, 2.05) is 18.7 Å². The predicted molar refractivity (Wildman–Crippen MR) is 105 cm³/mol. The predicted octanol–water partition coefficient (Wildman–Crippen LogP) is 2.59. The molecule has 0 amide bonds. The van der Waals surface area contributed by atoms with Crippen molar-refractivity contribution in [3.05, 3.63) is 17.0 Å². The Balaban J connectivity index is 2.52. The second-order valence-electron chi connectivity index (χ2n) is 6.74. The normalized spacial score (nSPS) is 13.4. The maximum absolute atomic E-state index is 5.79. The van der Waals surface area contributed by atoms with Gasteiger partial charge in [-0.1, -0.05) is 13.8 Å². The molecule has 144 valence electrons. The Kier molecular flexibility index (Phi) is 9.57. The van der Waals surface area contributed by atoms with Gasteiger partial charge in [-0.05, 0) is 52.0 Å². The summed E-state index contributed by atoms with van der Waals surface area (Å²) in [4.78, 5) is 4.69.